The van der Waals surface area contributed by atoms with Crippen LogP contribution in [-0.2, 0) is 0 Å². The van der Waals surface area contributed by atoms with Gasteiger partial charge in [-0.3, -0.25) is 9.78 Å². The van der Waals surface area contributed by atoms with Gasteiger partial charge in [0.25, 0.3) is 5.91 Å². The third kappa shape index (κ3) is 5.54. The number of carbonyl (C=O) groups is 1. The fourth-order valence-electron chi connectivity index (χ4n) is 3.14. The van der Waals surface area contributed by atoms with E-state index in [0.717, 1.165) is 12.5 Å². The number of nitrogens with one attached hydrogen (secondary N) is 2. The molecule has 1 amide bonds. The lowest BCUT2D eigenvalue weighted by Crippen LogP contribution is -2.39. The molecule has 0 aliphatic rings. The summed E-state index contributed by atoms with van der Waals surface area (Å²) in [7, 11) is 0. The Morgan fingerprint density at radius 3 is 2.61 bits per heavy atom. The van der Waals surface area contributed by atoms with Crippen molar-refractivity contribution in [1.82, 2.24) is 19.7 Å². The molecule has 0 saturated heterocycles. The number of nitrogens with two attached hydrogens (primary N) is 2. The average Bonchev–Trinajstić information content (AvgIpc) is 3.24. The molecule has 0 aromatic carbocycles. The van der Waals surface area contributed by atoms with Crippen LogP contribution in [0.25, 0.3) is 5.69 Å². The van der Waals surface area contributed by atoms with Crippen molar-refractivity contribution in [2.45, 2.75) is 39.3 Å². The van der Waals surface area contributed by atoms with Gasteiger partial charge in [-0.1, -0.05) is 13.8 Å². The van der Waals surface area contributed by atoms with Crippen LogP contribution in [0.15, 0.2) is 43.0 Å². The quantitative estimate of drug-likeness (QED) is 0.413. The van der Waals surface area contributed by atoms with Gasteiger partial charge in [0, 0.05) is 24.5 Å². The largest absolute Gasteiger partial charge is 0.365 e. The van der Waals surface area contributed by atoms with E-state index in [1.807, 2.05) is 6.92 Å². The molecule has 3 rings (SSSR count). The number of halogens is 1. The van der Waals surface area contributed by atoms with Crippen LogP contribution in [0.1, 0.15) is 37.6 Å². The van der Waals surface area contributed by atoms with E-state index in [4.69, 9.17) is 11.5 Å². The Balaban J connectivity index is 1.94. The summed E-state index contributed by atoms with van der Waals surface area (Å²) in [5.41, 5.74) is 12.7. The first-order valence-electron chi connectivity index (χ1n) is 9.99. The van der Waals surface area contributed by atoms with Crippen molar-refractivity contribution in [3.05, 3.63) is 54.4 Å². The van der Waals surface area contributed by atoms with Gasteiger partial charge >= 0.3 is 0 Å². The number of amides is 1. The Morgan fingerprint density at radius 2 is 2.00 bits per heavy atom. The van der Waals surface area contributed by atoms with Crippen LogP contribution >= 0.6 is 0 Å². The number of nitrogens with zero attached hydrogens (tertiary/aromatic N) is 4. The predicted molar refractivity (Wildman–Crippen MR) is 118 cm³/mol. The minimum Gasteiger partial charge on any atom is -0.365 e. The molecule has 31 heavy (non-hydrogen) atoms. The normalized spacial score (nSPS) is 13.1. The number of hydrogen-bond donors (Lipinski definition) is 4. The summed E-state index contributed by atoms with van der Waals surface area (Å²) in [6.45, 7) is 5.97. The molecule has 0 saturated carbocycles. The molecule has 9 nitrogen and oxygen atoms in total. The molecule has 0 aliphatic carbocycles. The highest BCUT2D eigenvalue weighted by molar-refractivity contribution is 5.98. The Morgan fingerprint density at radius 1 is 1.23 bits per heavy atom. The van der Waals surface area contributed by atoms with Crippen LogP contribution in [0, 0.1) is 11.7 Å². The lowest BCUT2D eigenvalue weighted by Gasteiger charge is -2.25. The molecule has 3 heterocycles. The second-order valence-electron chi connectivity index (χ2n) is 7.83. The van der Waals surface area contributed by atoms with Crippen molar-refractivity contribution in [3.63, 3.8) is 0 Å². The van der Waals surface area contributed by atoms with Gasteiger partial charge in [0.15, 0.2) is 11.6 Å². The van der Waals surface area contributed by atoms with Gasteiger partial charge in [-0.05, 0) is 37.5 Å². The highest BCUT2D eigenvalue weighted by atomic mass is 19.1. The monoisotopic (exact) mass is 426 g/mol. The van der Waals surface area contributed by atoms with E-state index >= 15 is 0 Å². The van der Waals surface area contributed by atoms with Gasteiger partial charge in [0.2, 0.25) is 0 Å². The number of hydrogen-bond acceptors (Lipinski definition) is 7. The van der Waals surface area contributed by atoms with E-state index < -0.39 is 11.7 Å². The molecule has 10 heteroatoms. The molecule has 0 unspecified atom stereocenters. The van der Waals surface area contributed by atoms with Gasteiger partial charge in [0.1, 0.15) is 5.82 Å². The average molecular weight is 427 g/mol. The molecule has 0 fully saturated rings. The first kappa shape index (κ1) is 22.2. The maximum absolute atomic E-state index is 14.7. The minimum absolute atomic E-state index is 0.00774. The van der Waals surface area contributed by atoms with Crippen molar-refractivity contribution in [3.8, 4) is 5.69 Å². The third-order valence-electron chi connectivity index (χ3n) is 4.68. The molecular weight excluding hydrogens is 399 g/mol. The van der Waals surface area contributed by atoms with Crippen LogP contribution in [0.4, 0.5) is 21.7 Å². The lowest BCUT2D eigenvalue weighted by atomic mass is 9.99. The highest BCUT2D eigenvalue weighted by Gasteiger charge is 2.21. The molecule has 3 aromatic heterocycles. The van der Waals surface area contributed by atoms with Crippen LogP contribution in [0.2, 0.25) is 0 Å². The summed E-state index contributed by atoms with van der Waals surface area (Å²) >= 11 is 0. The smallest absolute Gasteiger partial charge is 0.252 e. The summed E-state index contributed by atoms with van der Waals surface area (Å²) in [6.07, 6.45) is 7.35. The van der Waals surface area contributed by atoms with E-state index in [-0.39, 0.29) is 29.3 Å². The fourth-order valence-corrected chi connectivity index (χ4v) is 3.14. The van der Waals surface area contributed by atoms with E-state index in [1.54, 1.807) is 41.6 Å². The summed E-state index contributed by atoms with van der Waals surface area (Å²) in [6, 6.07) is 4.20. The van der Waals surface area contributed by atoms with Crippen LogP contribution < -0.4 is 22.1 Å². The zero-order valence-corrected chi connectivity index (χ0v) is 17.7. The van der Waals surface area contributed by atoms with E-state index in [0.29, 0.717) is 17.3 Å². The molecule has 6 N–H and O–H groups in total. The fraction of sp³-hybridized carbons (Fsp3) is 0.333. The first-order chi connectivity index (χ1) is 14.7. The Hall–Kier alpha value is -3.53. The molecular formula is C21H27FN8O. The predicted octanol–water partition coefficient (Wildman–Crippen LogP) is 2.82. The topological polar surface area (TPSA) is 137 Å². The summed E-state index contributed by atoms with van der Waals surface area (Å²) < 4.78 is 16.4. The minimum atomic E-state index is -0.803. The molecule has 0 radical (unpaired) electrons. The highest BCUT2D eigenvalue weighted by Crippen LogP contribution is 2.25. The first-order valence-corrected chi connectivity index (χ1v) is 9.99. The summed E-state index contributed by atoms with van der Waals surface area (Å²) in [5, 5.41) is 10.3. The third-order valence-corrected chi connectivity index (χ3v) is 4.68. The number of rotatable bonds is 9. The van der Waals surface area contributed by atoms with Gasteiger partial charge in [-0.25, -0.2) is 14.1 Å². The second kappa shape index (κ2) is 9.52. The molecule has 2 atom stereocenters. The number of pyridine rings is 2. The van der Waals surface area contributed by atoms with E-state index in [2.05, 4.69) is 39.5 Å². The lowest BCUT2D eigenvalue weighted by molar-refractivity contribution is 0.100. The number of carbonyl (C=O) groups excluding carboxylic acids is 1. The molecule has 3 aromatic rings. The van der Waals surface area contributed by atoms with Gasteiger partial charge in [-0.2, -0.15) is 5.10 Å². The van der Waals surface area contributed by atoms with E-state index in [9.17, 15) is 9.18 Å². The van der Waals surface area contributed by atoms with Crippen molar-refractivity contribution in [1.29, 1.82) is 0 Å². The molecule has 0 bridgehead atoms. The zero-order chi connectivity index (χ0) is 22.5. The van der Waals surface area contributed by atoms with Crippen LogP contribution in [0.5, 0.6) is 0 Å². The standard InChI is InChI=1S/C21H27FN8O/c1-12(2)7-18(13(3)23)28-21-17(22)9-16(19(24)31)20(29-21)27-14-8-15(11-25-10-14)30-6-4-5-26-30/h4-6,8-13,18H,7,23H2,1-3H3,(H2,24,31)(H2,27,28,29)/t13-,18+/m0/s1. The Bertz CT molecular complexity index is 1040. The van der Waals surface area contributed by atoms with Crippen molar-refractivity contribution < 1.29 is 9.18 Å². The van der Waals surface area contributed by atoms with E-state index in [1.165, 1.54) is 0 Å². The molecule has 0 aliphatic heterocycles. The summed E-state index contributed by atoms with van der Waals surface area (Å²) in [4.78, 5) is 20.4. The van der Waals surface area contributed by atoms with Gasteiger partial charge in [0.05, 0.1) is 29.3 Å². The van der Waals surface area contributed by atoms with Crippen molar-refractivity contribution in [2.24, 2.45) is 17.4 Å². The van der Waals surface area contributed by atoms with Crippen molar-refractivity contribution >= 4 is 23.2 Å². The van der Waals surface area contributed by atoms with Gasteiger partial charge in [-0.15, -0.1) is 0 Å². The maximum atomic E-state index is 14.7. The van der Waals surface area contributed by atoms with Crippen LogP contribution in [-0.4, -0.2) is 37.7 Å². The molecule has 164 valence electrons. The van der Waals surface area contributed by atoms with Crippen molar-refractivity contribution in [2.75, 3.05) is 10.6 Å². The SMILES string of the molecule is CC(C)C[C@@H](Nc1nc(Nc2cncc(-n3cccn3)c2)c(C(N)=O)cc1F)[C@H](C)N. The maximum Gasteiger partial charge on any atom is 0.252 e. The Kier molecular flexibility index (Phi) is 6.81. The number of primary amides is 1. The zero-order valence-electron chi connectivity index (χ0n) is 17.7. The Labute approximate surface area is 180 Å². The second-order valence-corrected chi connectivity index (χ2v) is 7.83. The molecule has 0 spiro atoms. The number of anilines is 3. The summed E-state index contributed by atoms with van der Waals surface area (Å²) in [5.74, 6) is -1.03. The number of aromatic nitrogens is 4. The van der Waals surface area contributed by atoms with Gasteiger partial charge < -0.3 is 22.1 Å². The van der Waals surface area contributed by atoms with Crippen LogP contribution in [0.3, 0.4) is 0 Å².